The first-order chi connectivity index (χ1) is 14.6. The molecule has 1 aliphatic carbocycles. The fourth-order valence-electron chi connectivity index (χ4n) is 4.55. The maximum absolute atomic E-state index is 12.8. The van der Waals surface area contributed by atoms with E-state index in [9.17, 15) is 9.59 Å². The maximum atomic E-state index is 12.8. The standard InChI is InChI=1S/C23H30N4O3/c1-2-30-22(28)19-15-18(7-8-20(19)24)26-12-10-17(11-13-26)27-14-9-16-5-3-4-6-21(16)25-23(27)29/h3,5,7-8,15,17H,2,4,6,9-14,24H2,1H3,(H,25,29). The lowest BCUT2D eigenvalue weighted by atomic mass is 10.00. The third kappa shape index (κ3) is 4.15. The molecular weight excluding hydrogens is 380 g/mol. The number of ether oxygens (including phenoxy) is 1. The summed E-state index contributed by atoms with van der Waals surface area (Å²) < 4.78 is 5.11. The third-order valence-corrected chi connectivity index (χ3v) is 6.21. The van der Waals surface area contributed by atoms with E-state index in [4.69, 9.17) is 10.5 Å². The quantitative estimate of drug-likeness (QED) is 0.586. The third-order valence-electron chi connectivity index (χ3n) is 6.21. The molecule has 0 radical (unpaired) electrons. The molecule has 0 aromatic heterocycles. The van der Waals surface area contributed by atoms with Crippen LogP contribution < -0.4 is 16.0 Å². The number of benzene rings is 1. The molecule has 30 heavy (non-hydrogen) atoms. The van der Waals surface area contributed by atoms with Crippen molar-refractivity contribution in [3.63, 3.8) is 0 Å². The molecule has 2 amide bonds. The number of rotatable bonds is 4. The van der Waals surface area contributed by atoms with E-state index in [-0.39, 0.29) is 12.1 Å². The van der Waals surface area contributed by atoms with Gasteiger partial charge >= 0.3 is 12.0 Å². The topological polar surface area (TPSA) is 87.9 Å². The first kappa shape index (κ1) is 20.3. The zero-order valence-corrected chi connectivity index (χ0v) is 17.5. The number of urea groups is 1. The van der Waals surface area contributed by atoms with E-state index in [1.54, 1.807) is 13.0 Å². The van der Waals surface area contributed by atoms with Crippen molar-refractivity contribution in [1.29, 1.82) is 0 Å². The number of esters is 1. The van der Waals surface area contributed by atoms with Crippen LogP contribution in [0.5, 0.6) is 0 Å². The predicted octanol–water partition coefficient (Wildman–Crippen LogP) is 3.43. The molecule has 1 fully saturated rings. The first-order valence-electron chi connectivity index (χ1n) is 10.8. The highest BCUT2D eigenvalue weighted by molar-refractivity contribution is 5.96. The van der Waals surface area contributed by atoms with Crippen molar-refractivity contribution in [2.45, 2.75) is 45.1 Å². The van der Waals surface area contributed by atoms with Gasteiger partial charge in [-0.3, -0.25) is 0 Å². The minimum Gasteiger partial charge on any atom is -0.462 e. The molecule has 1 aromatic rings. The van der Waals surface area contributed by atoms with E-state index >= 15 is 0 Å². The van der Waals surface area contributed by atoms with Crippen LogP contribution in [0.15, 0.2) is 41.6 Å². The number of carbonyl (C=O) groups excluding carboxylic acids is 2. The van der Waals surface area contributed by atoms with Crippen LogP contribution in [-0.4, -0.2) is 49.2 Å². The summed E-state index contributed by atoms with van der Waals surface area (Å²) in [7, 11) is 0. The Hall–Kier alpha value is -2.96. The Morgan fingerprint density at radius 3 is 2.80 bits per heavy atom. The summed E-state index contributed by atoms with van der Waals surface area (Å²) in [5, 5.41) is 3.15. The van der Waals surface area contributed by atoms with Crippen molar-refractivity contribution < 1.29 is 14.3 Å². The van der Waals surface area contributed by atoms with E-state index in [0.29, 0.717) is 17.9 Å². The van der Waals surface area contributed by atoms with Crippen molar-refractivity contribution in [3.8, 4) is 0 Å². The summed E-state index contributed by atoms with van der Waals surface area (Å²) in [4.78, 5) is 29.2. The van der Waals surface area contributed by atoms with Crippen molar-refractivity contribution in [2.24, 2.45) is 0 Å². The number of hydrogen-bond donors (Lipinski definition) is 2. The Morgan fingerprint density at radius 2 is 2.03 bits per heavy atom. The van der Waals surface area contributed by atoms with Crippen molar-refractivity contribution in [2.75, 3.05) is 36.9 Å². The van der Waals surface area contributed by atoms with E-state index in [2.05, 4.69) is 22.4 Å². The lowest BCUT2D eigenvalue weighted by Crippen LogP contribution is -2.50. The fourth-order valence-corrected chi connectivity index (χ4v) is 4.55. The Bertz CT molecular complexity index is 884. The van der Waals surface area contributed by atoms with Crippen LogP contribution in [0, 0.1) is 0 Å². The van der Waals surface area contributed by atoms with Crippen LogP contribution in [-0.2, 0) is 4.74 Å². The van der Waals surface area contributed by atoms with E-state index in [1.165, 1.54) is 5.57 Å². The predicted molar refractivity (Wildman–Crippen MR) is 117 cm³/mol. The molecule has 3 N–H and O–H groups in total. The highest BCUT2D eigenvalue weighted by Gasteiger charge is 2.31. The van der Waals surface area contributed by atoms with Gasteiger partial charge in [0, 0.05) is 42.7 Å². The minimum absolute atomic E-state index is 0.0332. The number of amides is 2. The molecular formula is C23H30N4O3. The molecule has 160 valence electrons. The van der Waals surface area contributed by atoms with Gasteiger partial charge in [0.2, 0.25) is 0 Å². The van der Waals surface area contributed by atoms with Crippen molar-refractivity contribution in [3.05, 3.63) is 47.2 Å². The Balaban J connectivity index is 1.40. The molecule has 7 heteroatoms. The number of hydrogen-bond acceptors (Lipinski definition) is 5. The smallest absolute Gasteiger partial charge is 0.340 e. The Morgan fingerprint density at radius 1 is 1.23 bits per heavy atom. The molecule has 4 rings (SSSR count). The number of piperidine rings is 1. The van der Waals surface area contributed by atoms with Gasteiger partial charge in [0.05, 0.1) is 12.2 Å². The van der Waals surface area contributed by atoms with Crippen LogP contribution in [0.1, 0.15) is 49.4 Å². The van der Waals surface area contributed by atoms with E-state index < -0.39 is 5.97 Å². The summed E-state index contributed by atoms with van der Waals surface area (Å²) >= 11 is 0. The van der Waals surface area contributed by atoms with Crippen molar-refractivity contribution in [1.82, 2.24) is 10.2 Å². The number of nitrogen functional groups attached to an aromatic ring is 1. The highest BCUT2D eigenvalue weighted by Crippen LogP contribution is 2.29. The zero-order chi connectivity index (χ0) is 21.1. The second-order valence-corrected chi connectivity index (χ2v) is 8.03. The van der Waals surface area contributed by atoms with Gasteiger partial charge in [-0.2, -0.15) is 0 Å². The van der Waals surface area contributed by atoms with E-state index in [0.717, 1.165) is 63.1 Å². The number of nitrogens with two attached hydrogens (primary N) is 1. The molecule has 7 nitrogen and oxygen atoms in total. The summed E-state index contributed by atoms with van der Waals surface area (Å²) in [5.41, 5.74) is 10.1. The number of nitrogens with one attached hydrogen (secondary N) is 1. The molecule has 0 bridgehead atoms. The molecule has 0 atom stereocenters. The Kier molecular flexibility index (Phi) is 5.97. The number of carbonyl (C=O) groups is 2. The zero-order valence-electron chi connectivity index (χ0n) is 17.5. The van der Waals surface area contributed by atoms with Gasteiger partial charge in [0.1, 0.15) is 0 Å². The molecule has 1 aromatic carbocycles. The molecule has 0 saturated carbocycles. The van der Waals surface area contributed by atoms with Crippen LogP contribution in [0.4, 0.5) is 16.2 Å². The van der Waals surface area contributed by atoms with Crippen LogP contribution in [0.2, 0.25) is 0 Å². The lowest BCUT2D eigenvalue weighted by molar-refractivity contribution is 0.0527. The molecule has 0 unspecified atom stereocenters. The average molecular weight is 411 g/mol. The second kappa shape index (κ2) is 8.81. The van der Waals surface area contributed by atoms with Crippen molar-refractivity contribution >= 4 is 23.4 Å². The first-order valence-corrected chi connectivity index (χ1v) is 10.8. The summed E-state index contributed by atoms with van der Waals surface area (Å²) in [5.74, 6) is -0.390. The van der Waals surface area contributed by atoms with Crippen LogP contribution in [0.3, 0.4) is 0 Å². The average Bonchev–Trinajstić information content (AvgIpc) is 2.92. The van der Waals surface area contributed by atoms with Crippen LogP contribution in [0.25, 0.3) is 0 Å². The SMILES string of the molecule is CCOC(=O)c1cc(N2CCC(N3CCC4=C(CCC=C4)NC3=O)CC2)ccc1N. The van der Waals surface area contributed by atoms with E-state index in [1.807, 2.05) is 17.0 Å². The van der Waals surface area contributed by atoms with Gasteiger partial charge in [0.15, 0.2) is 0 Å². The fraction of sp³-hybridized carbons (Fsp3) is 0.478. The lowest BCUT2D eigenvalue weighted by Gasteiger charge is -2.39. The van der Waals surface area contributed by atoms with Gasteiger partial charge in [-0.1, -0.05) is 12.2 Å². The van der Waals surface area contributed by atoms with Crippen LogP contribution >= 0.6 is 0 Å². The van der Waals surface area contributed by atoms with Gasteiger partial charge in [-0.25, -0.2) is 9.59 Å². The summed E-state index contributed by atoms with van der Waals surface area (Å²) in [6.07, 6.45) is 8.96. The molecule has 2 heterocycles. The summed E-state index contributed by atoms with van der Waals surface area (Å²) in [6, 6.07) is 5.79. The summed E-state index contributed by atoms with van der Waals surface area (Å²) in [6.45, 7) is 4.51. The monoisotopic (exact) mass is 410 g/mol. The maximum Gasteiger partial charge on any atom is 0.340 e. The van der Waals surface area contributed by atoms with Gasteiger partial charge in [0.25, 0.3) is 0 Å². The highest BCUT2D eigenvalue weighted by atomic mass is 16.5. The molecule has 3 aliphatic rings. The van der Waals surface area contributed by atoms with Gasteiger partial charge in [-0.05, 0) is 62.8 Å². The number of allylic oxidation sites excluding steroid dienone is 3. The molecule has 1 saturated heterocycles. The number of nitrogens with zero attached hydrogens (tertiary/aromatic N) is 2. The van der Waals surface area contributed by atoms with Gasteiger partial charge < -0.3 is 25.6 Å². The minimum atomic E-state index is -0.390. The Labute approximate surface area is 177 Å². The number of anilines is 2. The normalized spacial score (nSPS) is 20.0. The second-order valence-electron chi connectivity index (χ2n) is 8.03. The molecule has 0 spiro atoms. The molecule has 2 aliphatic heterocycles. The largest absolute Gasteiger partial charge is 0.462 e. The van der Waals surface area contributed by atoms with Gasteiger partial charge in [-0.15, -0.1) is 0 Å².